The molecule has 4 aromatic carbocycles. The van der Waals surface area contributed by atoms with E-state index in [1.165, 1.54) is 12.1 Å². The average Bonchev–Trinajstić information content (AvgIpc) is 2.99. The van der Waals surface area contributed by atoms with Crippen LogP contribution < -0.4 is 50.2 Å². The molecule has 0 aromatic heterocycles. The minimum atomic E-state index is -4.90. The number of amides is 1. The molecule has 3 N–H and O–H groups in total. The fourth-order valence-corrected chi connectivity index (χ4v) is 5.55. The van der Waals surface area contributed by atoms with Gasteiger partial charge >= 0.3 is 29.6 Å². The molecule has 45 heavy (non-hydrogen) atoms. The quantitative estimate of drug-likeness (QED) is 0.120. The molecule has 4 aromatic rings. The van der Waals surface area contributed by atoms with Gasteiger partial charge in [0.1, 0.15) is 21.6 Å². The van der Waals surface area contributed by atoms with Gasteiger partial charge in [0.2, 0.25) is 5.91 Å². The van der Waals surface area contributed by atoms with Crippen LogP contribution in [-0.4, -0.2) is 36.5 Å². The minimum absolute atomic E-state index is 0. The Hall–Kier alpha value is -4.26. The van der Waals surface area contributed by atoms with Crippen molar-refractivity contribution in [1.29, 1.82) is 0 Å². The second-order valence-electron chi connectivity index (χ2n) is 10.3. The molecule has 1 amide bonds. The van der Waals surface area contributed by atoms with E-state index in [2.05, 4.69) is 22.5 Å². The standard InChI is InChI=1S/C33H29N3O7S.Na/c1-4-28(37)34-18-20-8-7-11-27(44(40,41)42)33(20)43-22-14-12-21(13-15-22)36-26-17-16-25(35-19(2)3)29-30(26)32(39)24-10-6-5-9-23(24)31(29)38;/h4-17,19,35-36H,1,18H2,2-3H3,(H,34,37)(H,40,41,42);/q;+1/p-1. The number of ketones is 2. The first-order chi connectivity index (χ1) is 21.0. The summed E-state index contributed by atoms with van der Waals surface area (Å²) in [5.74, 6) is -1.02. The first-order valence-corrected chi connectivity index (χ1v) is 15.0. The molecule has 0 unspecified atom stereocenters. The van der Waals surface area contributed by atoms with E-state index in [9.17, 15) is 27.4 Å². The maximum atomic E-state index is 13.7. The normalized spacial score (nSPS) is 12.0. The van der Waals surface area contributed by atoms with Crippen molar-refractivity contribution in [3.05, 3.63) is 119 Å². The summed E-state index contributed by atoms with van der Waals surface area (Å²) >= 11 is 0. The number of benzene rings is 4. The third kappa shape index (κ3) is 7.19. The molecule has 0 radical (unpaired) electrons. The molecule has 0 aliphatic heterocycles. The zero-order chi connectivity index (χ0) is 31.6. The first kappa shape index (κ1) is 33.6. The van der Waals surface area contributed by atoms with Crippen LogP contribution in [0.25, 0.3) is 0 Å². The molecule has 0 fully saturated rings. The van der Waals surface area contributed by atoms with E-state index in [1.54, 1.807) is 60.7 Å². The van der Waals surface area contributed by atoms with Gasteiger partial charge in [-0.15, -0.1) is 0 Å². The smallest absolute Gasteiger partial charge is 0.744 e. The van der Waals surface area contributed by atoms with Crippen LogP contribution in [0.1, 0.15) is 51.3 Å². The van der Waals surface area contributed by atoms with Crippen molar-refractivity contribution >= 4 is 44.7 Å². The number of carbonyl (C=O) groups is 3. The Morgan fingerprint density at radius 2 is 1.49 bits per heavy atom. The molecule has 0 atom stereocenters. The van der Waals surface area contributed by atoms with Crippen LogP contribution >= 0.6 is 0 Å². The number of rotatable bonds is 10. The number of para-hydroxylation sites is 1. The van der Waals surface area contributed by atoms with E-state index in [4.69, 9.17) is 4.74 Å². The van der Waals surface area contributed by atoms with Gasteiger partial charge in [-0.3, -0.25) is 14.4 Å². The van der Waals surface area contributed by atoms with Gasteiger partial charge in [-0.1, -0.05) is 43.0 Å². The van der Waals surface area contributed by atoms with Gasteiger partial charge in [-0.05, 0) is 62.4 Å². The zero-order valence-corrected chi connectivity index (χ0v) is 27.7. The van der Waals surface area contributed by atoms with Crippen LogP contribution in [0.5, 0.6) is 11.5 Å². The molecule has 1 aliphatic rings. The van der Waals surface area contributed by atoms with Crippen molar-refractivity contribution in [2.45, 2.75) is 31.3 Å². The van der Waals surface area contributed by atoms with Crippen LogP contribution in [0.2, 0.25) is 0 Å². The largest absolute Gasteiger partial charge is 1.00 e. The monoisotopic (exact) mass is 633 g/mol. The Bertz CT molecular complexity index is 1920. The van der Waals surface area contributed by atoms with Gasteiger partial charge in [-0.2, -0.15) is 0 Å². The van der Waals surface area contributed by atoms with Crippen LogP contribution in [0.3, 0.4) is 0 Å². The molecule has 0 saturated carbocycles. The summed E-state index contributed by atoms with van der Waals surface area (Å²) < 4.78 is 41.8. The fourth-order valence-electron chi connectivity index (χ4n) is 4.91. The Kier molecular flexibility index (Phi) is 10.3. The molecule has 0 heterocycles. The Morgan fingerprint density at radius 1 is 0.889 bits per heavy atom. The summed E-state index contributed by atoms with van der Waals surface area (Å²) in [5.41, 5.74) is 3.02. The summed E-state index contributed by atoms with van der Waals surface area (Å²) in [6.07, 6.45) is 1.06. The molecular formula is C33H28N3NaO7S. The molecule has 1 aliphatic carbocycles. The van der Waals surface area contributed by atoms with E-state index in [0.717, 1.165) is 12.1 Å². The van der Waals surface area contributed by atoms with E-state index >= 15 is 0 Å². The minimum Gasteiger partial charge on any atom is -0.744 e. The van der Waals surface area contributed by atoms with Crippen molar-refractivity contribution in [3.8, 4) is 11.5 Å². The molecule has 0 saturated heterocycles. The molecule has 224 valence electrons. The third-order valence-corrected chi connectivity index (χ3v) is 7.70. The van der Waals surface area contributed by atoms with Crippen molar-refractivity contribution in [2.75, 3.05) is 10.6 Å². The molecule has 0 spiro atoms. The van der Waals surface area contributed by atoms with E-state index in [0.29, 0.717) is 33.8 Å². The van der Waals surface area contributed by atoms with Crippen molar-refractivity contribution < 1.29 is 61.6 Å². The van der Waals surface area contributed by atoms with Gasteiger partial charge in [0, 0.05) is 40.7 Å². The number of hydrogen-bond acceptors (Lipinski definition) is 9. The van der Waals surface area contributed by atoms with Gasteiger partial charge in [0.05, 0.1) is 21.7 Å². The van der Waals surface area contributed by atoms with E-state index < -0.39 is 20.9 Å². The number of hydrogen-bond donors (Lipinski definition) is 3. The van der Waals surface area contributed by atoms with Gasteiger partial charge < -0.3 is 25.2 Å². The van der Waals surface area contributed by atoms with Crippen LogP contribution in [0, 0.1) is 0 Å². The summed E-state index contributed by atoms with van der Waals surface area (Å²) in [6, 6.07) is 20.6. The van der Waals surface area contributed by atoms with E-state index in [1.807, 2.05) is 13.8 Å². The summed E-state index contributed by atoms with van der Waals surface area (Å²) in [6.45, 7) is 7.16. The summed E-state index contributed by atoms with van der Waals surface area (Å²) in [5, 5.41) is 9.02. The van der Waals surface area contributed by atoms with E-state index in [-0.39, 0.29) is 76.3 Å². The Balaban J connectivity index is 0.00000461. The maximum absolute atomic E-state index is 13.7. The average molecular weight is 634 g/mol. The molecule has 12 heteroatoms. The molecule has 10 nitrogen and oxygen atoms in total. The number of carbonyl (C=O) groups excluding carboxylic acids is 3. The Labute approximate surface area is 282 Å². The molecule has 5 rings (SSSR count). The van der Waals surface area contributed by atoms with Crippen LogP contribution in [0.4, 0.5) is 17.1 Å². The molecular weight excluding hydrogens is 605 g/mol. The number of nitrogens with one attached hydrogen (secondary N) is 3. The molecule has 0 bridgehead atoms. The number of ether oxygens (including phenoxy) is 1. The second kappa shape index (κ2) is 13.8. The Morgan fingerprint density at radius 3 is 2.07 bits per heavy atom. The SMILES string of the molecule is C=CC(=O)NCc1cccc(S(=O)(=O)[O-])c1Oc1ccc(Nc2ccc(NC(C)C)c3c2C(=O)c2ccccc2C3=O)cc1.[Na+]. The second-order valence-corrected chi connectivity index (χ2v) is 11.6. The summed E-state index contributed by atoms with van der Waals surface area (Å²) in [4.78, 5) is 38.4. The predicted octanol–water partition coefficient (Wildman–Crippen LogP) is 2.53. The van der Waals surface area contributed by atoms with Gasteiger partial charge in [0.15, 0.2) is 11.6 Å². The van der Waals surface area contributed by atoms with Crippen LogP contribution in [0.15, 0.2) is 96.4 Å². The van der Waals surface area contributed by atoms with Crippen LogP contribution in [-0.2, 0) is 21.5 Å². The first-order valence-electron chi connectivity index (χ1n) is 13.6. The predicted molar refractivity (Wildman–Crippen MR) is 165 cm³/mol. The fraction of sp³-hybridized carbons (Fsp3) is 0.121. The third-order valence-electron chi connectivity index (χ3n) is 6.84. The number of fused-ring (bicyclic) bond motifs is 2. The van der Waals surface area contributed by atoms with Gasteiger partial charge in [0.25, 0.3) is 0 Å². The van der Waals surface area contributed by atoms with Crippen molar-refractivity contribution in [1.82, 2.24) is 5.32 Å². The zero-order valence-electron chi connectivity index (χ0n) is 24.8. The summed E-state index contributed by atoms with van der Waals surface area (Å²) in [7, 11) is -4.90. The van der Waals surface area contributed by atoms with Gasteiger partial charge in [-0.25, -0.2) is 8.42 Å². The topological polar surface area (TPSA) is 154 Å². The van der Waals surface area contributed by atoms with Crippen molar-refractivity contribution in [2.24, 2.45) is 0 Å². The number of anilines is 3. The maximum Gasteiger partial charge on any atom is 1.00 e. The van der Waals surface area contributed by atoms with Crippen molar-refractivity contribution in [3.63, 3.8) is 0 Å².